The zero-order chi connectivity index (χ0) is 22.6. The summed E-state index contributed by atoms with van der Waals surface area (Å²) in [6.45, 7) is 10.9. The van der Waals surface area contributed by atoms with Crippen molar-refractivity contribution in [3.05, 3.63) is 29.7 Å². The molecule has 0 aliphatic heterocycles. The number of rotatable bonds is 21. The van der Waals surface area contributed by atoms with Crippen molar-refractivity contribution in [2.75, 3.05) is 0 Å². The molecule has 2 heteroatoms. The highest BCUT2D eigenvalue weighted by Crippen LogP contribution is 2.22. The third-order valence-corrected chi connectivity index (χ3v) is 6.44. The second-order valence-electron chi connectivity index (χ2n) is 9.46. The van der Waals surface area contributed by atoms with Crippen molar-refractivity contribution in [1.82, 2.24) is 9.97 Å². The summed E-state index contributed by atoms with van der Waals surface area (Å²) in [5.41, 5.74) is 4.31. The van der Waals surface area contributed by atoms with E-state index < -0.39 is 0 Å². The lowest BCUT2D eigenvalue weighted by Crippen LogP contribution is -2.11. The van der Waals surface area contributed by atoms with Crippen LogP contribution in [0.3, 0.4) is 0 Å². The molecule has 1 aromatic rings. The summed E-state index contributed by atoms with van der Waals surface area (Å²) in [6.07, 6.45) is 26.6. The molecule has 0 unspecified atom stereocenters. The Morgan fingerprint density at radius 1 is 0.484 bits per heavy atom. The third kappa shape index (κ3) is 13.3. The van der Waals surface area contributed by atoms with Gasteiger partial charge in [-0.25, -0.2) is 9.97 Å². The Bertz CT molecular complexity index is 503. The van der Waals surface area contributed by atoms with E-state index in [1.165, 1.54) is 120 Å². The minimum atomic E-state index is 0.973. The minimum absolute atomic E-state index is 0.973. The molecule has 1 radical (unpaired) electrons. The number of nitrogens with zero attached hydrogens (tertiary/aromatic N) is 2. The Kier molecular flexibility index (Phi) is 17.9. The normalized spacial score (nSPS) is 11.4. The van der Waals surface area contributed by atoms with Crippen LogP contribution in [-0.4, -0.2) is 9.97 Å². The first-order valence-electron chi connectivity index (χ1n) is 13.9. The lowest BCUT2D eigenvalue weighted by Gasteiger charge is -2.16. The summed E-state index contributed by atoms with van der Waals surface area (Å²) in [5.74, 6) is 1.09. The molecule has 1 heterocycles. The predicted octanol–water partition coefficient (Wildman–Crippen LogP) is 9.17. The zero-order valence-corrected chi connectivity index (χ0v) is 21.5. The molecule has 0 saturated carbocycles. The van der Waals surface area contributed by atoms with Crippen LogP contribution in [0, 0.1) is 6.92 Å². The molecule has 0 bridgehead atoms. The van der Waals surface area contributed by atoms with E-state index in [1.54, 1.807) is 0 Å². The second-order valence-corrected chi connectivity index (χ2v) is 9.46. The van der Waals surface area contributed by atoms with Crippen LogP contribution >= 0.6 is 0 Å². The van der Waals surface area contributed by atoms with Crippen molar-refractivity contribution in [2.45, 2.75) is 156 Å². The van der Waals surface area contributed by atoms with Gasteiger partial charge in [-0.1, -0.05) is 111 Å². The van der Waals surface area contributed by atoms with Gasteiger partial charge in [0.25, 0.3) is 0 Å². The fraction of sp³-hybridized carbons (Fsp3) is 0.828. The van der Waals surface area contributed by atoms with Gasteiger partial charge in [0, 0.05) is 17.8 Å². The number of aromatic nitrogens is 2. The molecular formula is C29H53N2. The van der Waals surface area contributed by atoms with E-state index in [2.05, 4.69) is 27.7 Å². The summed E-state index contributed by atoms with van der Waals surface area (Å²) < 4.78 is 0. The molecule has 31 heavy (non-hydrogen) atoms. The molecule has 0 N–H and O–H groups in total. The fourth-order valence-electron chi connectivity index (χ4n) is 4.43. The molecule has 2 nitrogen and oxygen atoms in total. The quantitative estimate of drug-likeness (QED) is 0.182. The average molecular weight is 430 g/mol. The average Bonchev–Trinajstić information content (AvgIpc) is 2.78. The summed E-state index contributed by atoms with van der Waals surface area (Å²) in [5, 5.41) is 0. The van der Waals surface area contributed by atoms with Gasteiger partial charge >= 0.3 is 0 Å². The Balaban J connectivity index is 2.91. The second kappa shape index (κ2) is 19.7. The van der Waals surface area contributed by atoms with Crippen LogP contribution in [0.15, 0.2) is 0 Å². The van der Waals surface area contributed by atoms with E-state index in [0.717, 1.165) is 37.9 Å². The van der Waals surface area contributed by atoms with Crippen LogP contribution in [0.4, 0.5) is 0 Å². The number of unbranched alkanes of at least 4 members (excludes halogenated alkanes) is 13. The first-order chi connectivity index (χ1) is 15.3. The van der Waals surface area contributed by atoms with Crippen molar-refractivity contribution < 1.29 is 0 Å². The summed E-state index contributed by atoms with van der Waals surface area (Å²) >= 11 is 0. The van der Waals surface area contributed by atoms with Crippen molar-refractivity contribution >= 4 is 0 Å². The number of hydrogen-bond acceptors (Lipinski definition) is 2. The maximum Gasteiger partial charge on any atom is 0.128 e. The van der Waals surface area contributed by atoms with E-state index >= 15 is 0 Å². The Hall–Kier alpha value is -0.920. The van der Waals surface area contributed by atoms with E-state index in [9.17, 15) is 0 Å². The Labute approximate surface area is 195 Å². The monoisotopic (exact) mass is 429 g/mol. The van der Waals surface area contributed by atoms with E-state index in [1.807, 2.05) is 0 Å². The minimum Gasteiger partial charge on any atom is -0.238 e. The van der Waals surface area contributed by atoms with Crippen molar-refractivity contribution in [2.24, 2.45) is 0 Å². The highest BCUT2D eigenvalue weighted by molar-refractivity contribution is 5.27. The topological polar surface area (TPSA) is 25.8 Å². The first-order valence-corrected chi connectivity index (χ1v) is 13.9. The molecule has 0 aliphatic rings. The predicted molar refractivity (Wildman–Crippen MR) is 138 cm³/mol. The van der Waals surface area contributed by atoms with Crippen LogP contribution in [0.5, 0.6) is 0 Å². The molecule has 0 saturated heterocycles. The van der Waals surface area contributed by atoms with Gasteiger partial charge in [-0.3, -0.25) is 0 Å². The van der Waals surface area contributed by atoms with Gasteiger partial charge in [-0.15, -0.1) is 0 Å². The summed E-state index contributed by atoms with van der Waals surface area (Å²) in [4.78, 5) is 10.2. The van der Waals surface area contributed by atoms with Crippen molar-refractivity contribution in [1.29, 1.82) is 0 Å². The fourth-order valence-corrected chi connectivity index (χ4v) is 4.43. The molecule has 1 aromatic heterocycles. The van der Waals surface area contributed by atoms with E-state index in [-0.39, 0.29) is 0 Å². The molecule has 0 spiro atoms. The lowest BCUT2D eigenvalue weighted by atomic mass is 9.96. The molecule has 1 rings (SSSR count). The van der Waals surface area contributed by atoms with Gasteiger partial charge < -0.3 is 0 Å². The molecule has 0 atom stereocenters. The van der Waals surface area contributed by atoms with Gasteiger partial charge in [0.15, 0.2) is 0 Å². The first kappa shape index (κ1) is 28.1. The van der Waals surface area contributed by atoms with Crippen LogP contribution in [0.1, 0.15) is 153 Å². The molecule has 0 fully saturated rings. The maximum absolute atomic E-state index is 5.12. The SMILES string of the molecule is [CH2]CCCc1nc(CCCCCCC)c(CCCCCCC)c(CCCCCCC)n1. The molecule has 0 aromatic carbocycles. The Morgan fingerprint density at radius 3 is 1.32 bits per heavy atom. The van der Waals surface area contributed by atoms with Crippen LogP contribution in [0.2, 0.25) is 0 Å². The van der Waals surface area contributed by atoms with Gasteiger partial charge in [0.1, 0.15) is 5.82 Å². The Morgan fingerprint density at radius 2 is 0.903 bits per heavy atom. The lowest BCUT2D eigenvalue weighted by molar-refractivity contribution is 0.598. The van der Waals surface area contributed by atoms with E-state index in [0.29, 0.717) is 0 Å². The van der Waals surface area contributed by atoms with Gasteiger partial charge in [0.2, 0.25) is 0 Å². The van der Waals surface area contributed by atoms with Gasteiger partial charge in [-0.2, -0.15) is 0 Å². The number of hydrogen-bond donors (Lipinski definition) is 0. The highest BCUT2D eigenvalue weighted by Gasteiger charge is 2.14. The maximum atomic E-state index is 5.12. The molecule has 0 aliphatic carbocycles. The number of aryl methyl sites for hydroxylation is 3. The van der Waals surface area contributed by atoms with Gasteiger partial charge in [0.05, 0.1) is 0 Å². The smallest absolute Gasteiger partial charge is 0.128 e. The van der Waals surface area contributed by atoms with Crippen LogP contribution < -0.4 is 0 Å². The van der Waals surface area contributed by atoms with E-state index in [4.69, 9.17) is 9.97 Å². The van der Waals surface area contributed by atoms with Crippen LogP contribution in [-0.2, 0) is 25.7 Å². The van der Waals surface area contributed by atoms with Crippen molar-refractivity contribution in [3.63, 3.8) is 0 Å². The zero-order valence-electron chi connectivity index (χ0n) is 21.5. The molecular weight excluding hydrogens is 376 g/mol. The standard InChI is InChI=1S/C29H53N2/c1-5-9-13-16-19-22-26-27(23-20-17-14-10-6-2)30-29(25-12-8-4)31-28(26)24-21-18-15-11-7-3/h4-25H2,1-3H3. The molecule has 0 amide bonds. The summed E-state index contributed by atoms with van der Waals surface area (Å²) in [7, 11) is 0. The highest BCUT2D eigenvalue weighted by atomic mass is 14.9. The largest absolute Gasteiger partial charge is 0.238 e. The summed E-state index contributed by atoms with van der Waals surface area (Å²) in [6, 6.07) is 0. The molecule has 179 valence electrons. The van der Waals surface area contributed by atoms with Crippen molar-refractivity contribution in [3.8, 4) is 0 Å². The third-order valence-electron chi connectivity index (χ3n) is 6.44. The van der Waals surface area contributed by atoms with Crippen LogP contribution in [0.25, 0.3) is 0 Å². The van der Waals surface area contributed by atoms with Gasteiger partial charge in [-0.05, 0) is 50.5 Å².